The predicted molar refractivity (Wildman–Crippen MR) is 65.0 cm³/mol. The van der Waals surface area contributed by atoms with E-state index in [1.54, 1.807) is 13.8 Å². The Morgan fingerprint density at radius 1 is 1.00 bits per heavy atom. The van der Waals surface area contributed by atoms with Gasteiger partial charge < -0.3 is 4.89 Å². The Hall–Kier alpha value is -0.570. The average Bonchev–Trinajstić information content (AvgIpc) is 1.95. The summed E-state index contributed by atoms with van der Waals surface area (Å²) in [7, 11) is 0. The van der Waals surface area contributed by atoms with Gasteiger partial charge in [0, 0.05) is 0 Å². The van der Waals surface area contributed by atoms with Gasteiger partial charge in [-0.25, -0.2) is 4.79 Å². The lowest BCUT2D eigenvalue weighted by molar-refractivity contribution is -0.245. The van der Waals surface area contributed by atoms with Crippen LogP contribution in [0.2, 0.25) is 0 Å². The summed E-state index contributed by atoms with van der Waals surface area (Å²) in [6.45, 7) is 14.4. The van der Waals surface area contributed by atoms with Crippen LogP contribution in [0.3, 0.4) is 0 Å². The Bertz CT molecular complexity index is 246. The molecule has 1 N–H and O–H groups in total. The van der Waals surface area contributed by atoms with Gasteiger partial charge in [0.2, 0.25) is 0 Å². The third-order valence-electron chi connectivity index (χ3n) is 2.56. The van der Waals surface area contributed by atoms with E-state index in [1.807, 2.05) is 0 Å². The number of rotatable bonds is 4. The zero-order chi connectivity index (χ0) is 13.2. The van der Waals surface area contributed by atoms with Crippen molar-refractivity contribution < 1.29 is 14.9 Å². The molecule has 0 bridgehead atoms. The summed E-state index contributed by atoms with van der Waals surface area (Å²) in [6.07, 6.45) is 1.71. The molecule has 3 heteroatoms. The fourth-order valence-corrected chi connectivity index (χ4v) is 2.89. The van der Waals surface area contributed by atoms with Crippen LogP contribution in [0.4, 0.5) is 0 Å². The predicted octanol–water partition coefficient (Wildman–Crippen LogP) is 3.88. The van der Waals surface area contributed by atoms with Crippen LogP contribution in [0.25, 0.3) is 0 Å². The molecule has 0 aromatic carbocycles. The second-order valence-electron chi connectivity index (χ2n) is 7.34. The molecule has 0 rings (SSSR count). The summed E-state index contributed by atoms with van der Waals surface area (Å²) in [5.41, 5.74) is -0.387. The standard InChI is InChI=1S/C13H26O3/c1-11(2,3)8-12(4,5)9-13(6,7)10(14)16-15/h15H,8-9H2,1-7H3. The van der Waals surface area contributed by atoms with E-state index in [0.717, 1.165) is 6.42 Å². The molecular weight excluding hydrogens is 204 g/mol. The molecule has 0 fully saturated rings. The smallest absolute Gasteiger partial charge is 0.300 e. The van der Waals surface area contributed by atoms with Gasteiger partial charge in [-0.15, -0.1) is 0 Å². The molecular formula is C13H26O3. The normalized spacial score (nSPS) is 13.8. The topological polar surface area (TPSA) is 46.5 Å². The van der Waals surface area contributed by atoms with Gasteiger partial charge in [-0.2, -0.15) is 5.26 Å². The molecule has 0 radical (unpaired) electrons. The Morgan fingerprint density at radius 3 is 1.75 bits per heavy atom. The van der Waals surface area contributed by atoms with Gasteiger partial charge in [-0.3, -0.25) is 0 Å². The van der Waals surface area contributed by atoms with Crippen LogP contribution in [0.5, 0.6) is 0 Å². The fourth-order valence-electron chi connectivity index (χ4n) is 2.89. The summed E-state index contributed by atoms with van der Waals surface area (Å²) < 4.78 is 0. The van der Waals surface area contributed by atoms with Crippen molar-refractivity contribution in [3.8, 4) is 0 Å². The van der Waals surface area contributed by atoms with Gasteiger partial charge in [0.25, 0.3) is 0 Å². The third kappa shape index (κ3) is 5.50. The summed E-state index contributed by atoms with van der Waals surface area (Å²) in [4.78, 5) is 15.3. The molecule has 0 aliphatic carbocycles. The van der Waals surface area contributed by atoms with E-state index in [0.29, 0.717) is 6.42 Å². The molecule has 96 valence electrons. The van der Waals surface area contributed by atoms with Gasteiger partial charge in [-0.1, -0.05) is 34.6 Å². The van der Waals surface area contributed by atoms with Gasteiger partial charge >= 0.3 is 5.97 Å². The Labute approximate surface area is 99.1 Å². The molecule has 0 aliphatic heterocycles. The number of hydrogen-bond donors (Lipinski definition) is 1. The molecule has 3 nitrogen and oxygen atoms in total. The van der Waals surface area contributed by atoms with E-state index in [2.05, 4.69) is 39.5 Å². The molecule has 0 aromatic heterocycles. The monoisotopic (exact) mass is 230 g/mol. The van der Waals surface area contributed by atoms with Crippen LogP contribution < -0.4 is 0 Å². The maximum Gasteiger partial charge on any atom is 0.347 e. The fraction of sp³-hybridized carbons (Fsp3) is 0.923. The van der Waals surface area contributed by atoms with Crippen LogP contribution in [0, 0.1) is 16.2 Å². The van der Waals surface area contributed by atoms with Crippen molar-refractivity contribution in [3.05, 3.63) is 0 Å². The number of carbonyl (C=O) groups excluding carboxylic acids is 1. The first-order valence-electron chi connectivity index (χ1n) is 5.76. The highest BCUT2D eigenvalue weighted by Gasteiger charge is 2.38. The van der Waals surface area contributed by atoms with E-state index < -0.39 is 11.4 Å². The van der Waals surface area contributed by atoms with E-state index in [9.17, 15) is 4.79 Å². The van der Waals surface area contributed by atoms with Crippen LogP contribution >= 0.6 is 0 Å². The van der Waals surface area contributed by atoms with Crippen molar-refractivity contribution in [2.24, 2.45) is 16.2 Å². The van der Waals surface area contributed by atoms with Crippen LogP contribution in [-0.4, -0.2) is 11.2 Å². The molecule has 0 saturated carbocycles. The summed E-state index contributed by atoms with van der Waals surface area (Å²) >= 11 is 0. The number of carbonyl (C=O) groups is 1. The average molecular weight is 230 g/mol. The summed E-state index contributed by atoms with van der Waals surface area (Å²) in [6, 6.07) is 0. The Kier molecular flexibility index (Phi) is 4.57. The lowest BCUT2D eigenvalue weighted by atomic mass is 9.68. The van der Waals surface area contributed by atoms with Gasteiger partial charge in [-0.05, 0) is 37.5 Å². The van der Waals surface area contributed by atoms with Crippen molar-refractivity contribution in [2.75, 3.05) is 0 Å². The van der Waals surface area contributed by atoms with E-state index in [1.165, 1.54) is 0 Å². The van der Waals surface area contributed by atoms with Gasteiger partial charge in [0.15, 0.2) is 0 Å². The molecule has 0 unspecified atom stereocenters. The van der Waals surface area contributed by atoms with Crippen molar-refractivity contribution in [2.45, 2.75) is 61.3 Å². The SMILES string of the molecule is CC(C)(C)CC(C)(C)CC(C)(C)C(=O)OO. The largest absolute Gasteiger partial charge is 0.347 e. The minimum atomic E-state index is -0.649. The highest BCUT2D eigenvalue weighted by atomic mass is 17.1. The first-order chi connectivity index (χ1) is 6.90. The molecule has 16 heavy (non-hydrogen) atoms. The molecule has 0 spiro atoms. The van der Waals surface area contributed by atoms with Crippen molar-refractivity contribution in [3.63, 3.8) is 0 Å². The quantitative estimate of drug-likeness (QED) is 0.589. The van der Waals surface area contributed by atoms with E-state index in [-0.39, 0.29) is 10.8 Å². The molecule has 0 atom stereocenters. The van der Waals surface area contributed by atoms with Crippen molar-refractivity contribution in [1.82, 2.24) is 0 Å². The maximum absolute atomic E-state index is 11.4. The lowest BCUT2D eigenvalue weighted by Gasteiger charge is -2.37. The first-order valence-corrected chi connectivity index (χ1v) is 5.76. The van der Waals surface area contributed by atoms with Gasteiger partial charge in [0.1, 0.15) is 0 Å². The zero-order valence-electron chi connectivity index (χ0n) is 11.7. The highest BCUT2D eigenvalue weighted by Crippen LogP contribution is 2.42. The molecule has 0 aliphatic rings. The Balaban J connectivity index is 4.64. The highest BCUT2D eigenvalue weighted by molar-refractivity contribution is 5.75. The summed E-state index contributed by atoms with van der Waals surface area (Å²) in [5, 5.41) is 8.45. The minimum absolute atomic E-state index is 0.0376. The van der Waals surface area contributed by atoms with Crippen molar-refractivity contribution in [1.29, 1.82) is 0 Å². The molecule has 0 aromatic rings. The first kappa shape index (κ1) is 15.4. The number of hydrogen-bond acceptors (Lipinski definition) is 3. The molecule has 0 saturated heterocycles. The van der Waals surface area contributed by atoms with E-state index in [4.69, 9.17) is 5.26 Å². The minimum Gasteiger partial charge on any atom is -0.300 e. The van der Waals surface area contributed by atoms with Gasteiger partial charge in [0.05, 0.1) is 5.41 Å². The lowest BCUT2D eigenvalue weighted by Crippen LogP contribution is -2.33. The van der Waals surface area contributed by atoms with Crippen molar-refractivity contribution >= 4 is 5.97 Å². The van der Waals surface area contributed by atoms with Crippen LogP contribution in [0.15, 0.2) is 0 Å². The van der Waals surface area contributed by atoms with Crippen LogP contribution in [0.1, 0.15) is 61.3 Å². The summed E-state index contributed by atoms with van der Waals surface area (Å²) in [5.74, 6) is -0.561. The Morgan fingerprint density at radius 2 is 1.44 bits per heavy atom. The molecule has 0 heterocycles. The molecule has 0 amide bonds. The maximum atomic E-state index is 11.4. The second kappa shape index (κ2) is 4.74. The zero-order valence-corrected chi connectivity index (χ0v) is 11.7. The van der Waals surface area contributed by atoms with E-state index >= 15 is 0 Å². The van der Waals surface area contributed by atoms with Crippen LogP contribution in [-0.2, 0) is 9.68 Å². The second-order valence-corrected chi connectivity index (χ2v) is 7.34. The third-order valence-corrected chi connectivity index (χ3v) is 2.56.